The zero-order chi connectivity index (χ0) is 15.3. The van der Waals surface area contributed by atoms with Crippen LogP contribution in [-0.4, -0.2) is 41.5 Å². The highest BCUT2D eigenvalue weighted by atomic mass is 35.5. The van der Waals surface area contributed by atoms with E-state index in [-0.39, 0.29) is 23.9 Å². The molecular weight excluding hydrogens is 324 g/mol. The number of aryl methyl sites for hydroxylation is 1. The number of piperidine rings is 1. The molecule has 1 aromatic rings. The second kappa shape index (κ2) is 5.94. The molecule has 2 heterocycles. The average molecular weight is 347 g/mol. The van der Waals surface area contributed by atoms with Crippen molar-refractivity contribution in [3.05, 3.63) is 10.0 Å². The molecule has 8 heteroatoms. The lowest BCUT2D eigenvalue weighted by atomic mass is 10.0. The van der Waals surface area contributed by atoms with Crippen molar-refractivity contribution in [3.8, 4) is 0 Å². The molecule has 22 heavy (non-hydrogen) atoms. The van der Waals surface area contributed by atoms with Crippen LogP contribution in [0, 0.1) is 18.8 Å². The molecule has 2 fully saturated rings. The smallest absolute Gasteiger partial charge is 0.407 e. The molecule has 0 spiro atoms. The molecule has 0 radical (unpaired) electrons. The normalized spacial score (nSPS) is 29.5. The Morgan fingerprint density at radius 1 is 1.41 bits per heavy atom. The highest BCUT2D eigenvalue weighted by Crippen LogP contribution is 2.61. The molecule has 124 valence electrons. The van der Waals surface area contributed by atoms with E-state index in [0.29, 0.717) is 18.4 Å². The molecule has 1 amide bonds. The van der Waals surface area contributed by atoms with E-state index in [0.717, 1.165) is 23.1 Å². The van der Waals surface area contributed by atoms with Crippen LogP contribution in [0.25, 0.3) is 0 Å². The summed E-state index contributed by atoms with van der Waals surface area (Å²) in [6.07, 6.45) is -0.360. The van der Waals surface area contributed by atoms with Crippen LogP contribution in [0.15, 0.2) is 0 Å². The predicted molar refractivity (Wildman–Crippen MR) is 87.7 cm³/mol. The summed E-state index contributed by atoms with van der Waals surface area (Å²) in [4.78, 5) is 11.9. The number of aromatic nitrogens is 2. The Morgan fingerprint density at radius 2 is 2.05 bits per heavy atom. The molecule has 6 nitrogen and oxygen atoms in total. The Bertz CT molecular complexity index is 547. The van der Waals surface area contributed by atoms with Gasteiger partial charge in [-0.1, -0.05) is 0 Å². The van der Waals surface area contributed by atoms with E-state index in [1.54, 1.807) is 11.3 Å². The number of carbonyl (C=O) groups is 1. The van der Waals surface area contributed by atoms with E-state index in [1.165, 1.54) is 0 Å². The molecule has 1 aliphatic carbocycles. The SMILES string of the molecule is Cc1nnc(C2(CNC(=O)OC(C)(C)C)[C@@H]3CNC[C@@H]32)s1.Cl. The van der Waals surface area contributed by atoms with E-state index in [9.17, 15) is 4.79 Å². The van der Waals surface area contributed by atoms with Crippen LogP contribution in [-0.2, 0) is 10.2 Å². The van der Waals surface area contributed by atoms with Gasteiger partial charge in [-0.3, -0.25) is 0 Å². The van der Waals surface area contributed by atoms with Gasteiger partial charge in [-0.05, 0) is 52.6 Å². The van der Waals surface area contributed by atoms with E-state index < -0.39 is 5.60 Å². The molecular formula is C14H23ClN4O2S. The highest BCUT2D eigenvalue weighted by Gasteiger charge is 2.68. The standard InChI is InChI=1S/C14H22N4O2S.ClH/c1-8-17-18-11(21-8)14(9-5-15-6-10(9)14)7-16-12(19)20-13(2,3)4;/h9-10,15H,5-7H2,1-4H3,(H,16,19);1H/t9-,10+,14?;. The van der Waals surface area contributed by atoms with Gasteiger partial charge in [-0.15, -0.1) is 33.9 Å². The van der Waals surface area contributed by atoms with Gasteiger partial charge in [0.25, 0.3) is 0 Å². The Balaban J connectivity index is 0.00000176. The highest BCUT2D eigenvalue weighted by molar-refractivity contribution is 7.11. The first kappa shape index (κ1) is 17.4. The van der Waals surface area contributed by atoms with Crippen LogP contribution in [0.2, 0.25) is 0 Å². The fourth-order valence-electron chi connectivity index (χ4n) is 3.32. The largest absolute Gasteiger partial charge is 0.444 e. The maximum Gasteiger partial charge on any atom is 0.407 e. The molecule has 2 aliphatic rings. The molecule has 1 aromatic heterocycles. The van der Waals surface area contributed by atoms with Crippen molar-refractivity contribution in [3.63, 3.8) is 0 Å². The zero-order valence-corrected chi connectivity index (χ0v) is 14.9. The van der Waals surface area contributed by atoms with Crippen molar-refractivity contribution in [1.29, 1.82) is 0 Å². The van der Waals surface area contributed by atoms with Crippen molar-refractivity contribution in [2.24, 2.45) is 11.8 Å². The molecule has 3 rings (SSSR count). The van der Waals surface area contributed by atoms with Gasteiger partial charge in [0.1, 0.15) is 15.6 Å². The number of hydrogen-bond acceptors (Lipinski definition) is 6. The summed E-state index contributed by atoms with van der Waals surface area (Å²) in [5.41, 5.74) is -0.522. The predicted octanol–water partition coefficient (Wildman–Crippen LogP) is 1.88. The van der Waals surface area contributed by atoms with Gasteiger partial charge < -0.3 is 15.4 Å². The average Bonchev–Trinajstić information content (AvgIpc) is 2.77. The van der Waals surface area contributed by atoms with Crippen molar-refractivity contribution < 1.29 is 9.53 Å². The molecule has 1 aliphatic heterocycles. The lowest BCUT2D eigenvalue weighted by molar-refractivity contribution is 0.0520. The molecule has 1 saturated carbocycles. The number of hydrogen-bond donors (Lipinski definition) is 2. The summed E-state index contributed by atoms with van der Waals surface area (Å²) in [6, 6.07) is 0. The van der Waals surface area contributed by atoms with Crippen LogP contribution in [0.1, 0.15) is 30.8 Å². The number of alkyl carbamates (subject to hydrolysis) is 1. The third-order valence-corrected chi connectivity index (χ3v) is 5.31. The number of amides is 1. The number of carbonyl (C=O) groups excluding carboxylic acids is 1. The first-order chi connectivity index (χ1) is 9.83. The second-order valence-corrected chi connectivity index (χ2v) is 8.07. The van der Waals surface area contributed by atoms with E-state index in [2.05, 4.69) is 20.8 Å². The van der Waals surface area contributed by atoms with Crippen LogP contribution >= 0.6 is 23.7 Å². The molecule has 0 bridgehead atoms. The Labute approximate surface area is 140 Å². The van der Waals surface area contributed by atoms with E-state index >= 15 is 0 Å². The molecule has 1 unspecified atom stereocenters. The Kier molecular flexibility index (Phi) is 4.71. The van der Waals surface area contributed by atoms with Crippen LogP contribution in [0.4, 0.5) is 4.79 Å². The first-order valence-electron chi connectivity index (χ1n) is 7.31. The fraction of sp³-hybridized carbons (Fsp3) is 0.786. The van der Waals surface area contributed by atoms with Crippen LogP contribution in [0.5, 0.6) is 0 Å². The fourth-order valence-corrected chi connectivity index (χ4v) is 4.33. The van der Waals surface area contributed by atoms with Crippen molar-refractivity contribution in [2.75, 3.05) is 19.6 Å². The van der Waals surface area contributed by atoms with Gasteiger partial charge in [0.2, 0.25) is 0 Å². The minimum absolute atomic E-state index is 0. The molecule has 2 N–H and O–H groups in total. The van der Waals surface area contributed by atoms with Gasteiger partial charge >= 0.3 is 6.09 Å². The quantitative estimate of drug-likeness (QED) is 0.874. The van der Waals surface area contributed by atoms with Gasteiger partial charge in [0.15, 0.2) is 0 Å². The van der Waals surface area contributed by atoms with Crippen molar-refractivity contribution in [1.82, 2.24) is 20.8 Å². The van der Waals surface area contributed by atoms with Crippen LogP contribution < -0.4 is 10.6 Å². The van der Waals surface area contributed by atoms with Gasteiger partial charge in [-0.2, -0.15) is 0 Å². The lowest BCUT2D eigenvalue weighted by Crippen LogP contribution is -2.40. The van der Waals surface area contributed by atoms with Crippen molar-refractivity contribution >= 4 is 29.8 Å². The summed E-state index contributed by atoms with van der Waals surface area (Å²) in [7, 11) is 0. The van der Waals surface area contributed by atoms with Gasteiger partial charge in [-0.25, -0.2) is 4.79 Å². The number of ether oxygens (including phenoxy) is 1. The summed E-state index contributed by atoms with van der Waals surface area (Å²) >= 11 is 1.64. The third-order valence-electron chi connectivity index (χ3n) is 4.28. The Hall–Kier alpha value is -0.920. The van der Waals surface area contributed by atoms with E-state index in [1.807, 2.05) is 27.7 Å². The monoisotopic (exact) mass is 346 g/mol. The topological polar surface area (TPSA) is 76.1 Å². The molecule has 0 aromatic carbocycles. The molecule has 1 saturated heterocycles. The van der Waals surface area contributed by atoms with Gasteiger partial charge in [0, 0.05) is 6.54 Å². The maximum absolute atomic E-state index is 11.9. The number of rotatable bonds is 3. The summed E-state index contributed by atoms with van der Waals surface area (Å²) < 4.78 is 5.33. The summed E-state index contributed by atoms with van der Waals surface area (Å²) in [6.45, 7) is 10.1. The number of nitrogens with one attached hydrogen (secondary N) is 2. The summed E-state index contributed by atoms with van der Waals surface area (Å²) in [5.74, 6) is 1.08. The van der Waals surface area contributed by atoms with Crippen LogP contribution in [0.3, 0.4) is 0 Å². The van der Waals surface area contributed by atoms with Crippen molar-refractivity contribution in [2.45, 2.75) is 38.7 Å². The summed E-state index contributed by atoms with van der Waals surface area (Å²) in [5, 5.41) is 16.8. The third kappa shape index (κ3) is 3.07. The maximum atomic E-state index is 11.9. The lowest BCUT2D eigenvalue weighted by Gasteiger charge is -2.23. The zero-order valence-electron chi connectivity index (χ0n) is 13.3. The van der Waals surface area contributed by atoms with E-state index in [4.69, 9.17) is 4.74 Å². The van der Waals surface area contributed by atoms with Gasteiger partial charge in [0.05, 0.1) is 5.41 Å². The number of nitrogens with zero attached hydrogens (tertiary/aromatic N) is 2. The number of fused-ring (bicyclic) bond motifs is 1. The second-order valence-electron chi connectivity index (χ2n) is 6.89. The Morgan fingerprint density at radius 3 is 2.55 bits per heavy atom. The minimum Gasteiger partial charge on any atom is -0.444 e. The molecule has 3 atom stereocenters. The first-order valence-corrected chi connectivity index (χ1v) is 8.13. The minimum atomic E-state index is -0.475. The number of halogens is 1.